The number of halogens is 3. The molecule has 4 N–H and O–H groups in total. The molecule has 1 aromatic carbocycles. The van der Waals surface area contributed by atoms with Crippen molar-refractivity contribution < 1.29 is 27.8 Å². The zero-order chi connectivity index (χ0) is 24.6. The van der Waals surface area contributed by atoms with Gasteiger partial charge >= 0.3 is 12.3 Å². The zero-order valence-electron chi connectivity index (χ0n) is 18.5. The number of carboxylic acids is 1. The predicted octanol–water partition coefficient (Wildman–Crippen LogP) is 5.71. The van der Waals surface area contributed by atoms with E-state index in [4.69, 9.17) is 10.7 Å². The summed E-state index contributed by atoms with van der Waals surface area (Å²) in [4.78, 5) is 19.2. The molecule has 7 nitrogen and oxygen atoms in total. The third-order valence-corrected chi connectivity index (χ3v) is 6.08. The number of allylic oxidation sites excluding steroid dienone is 1. The van der Waals surface area contributed by atoms with Crippen LogP contribution in [0.3, 0.4) is 0 Å². The van der Waals surface area contributed by atoms with Gasteiger partial charge in [-0.2, -0.15) is 0 Å². The summed E-state index contributed by atoms with van der Waals surface area (Å²) in [7, 11) is 0. The molecule has 1 fully saturated rings. The number of hydrogen-bond donors (Lipinski definition) is 3. The van der Waals surface area contributed by atoms with Crippen LogP contribution in [-0.2, 0) is 4.79 Å². The fourth-order valence-electron chi connectivity index (χ4n) is 4.60. The first-order valence-electron chi connectivity index (χ1n) is 10.9. The van der Waals surface area contributed by atoms with Gasteiger partial charge in [0.15, 0.2) is 5.75 Å². The Hall–Kier alpha value is -3.69. The normalized spacial score (nSPS) is 19.1. The van der Waals surface area contributed by atoms with Gasteiger partial charge in [-0.25, -0.2) is 4.98 Å². The number of benzene rings is 1. The summed E-state index contributed by atoms with van der Waals surface area (Å²) in [6.45, 7) is 5.73. The fourth-order valence-corrected chi connectivity index (χ4v) is 4.60. The molecule has 1 saturated carbocycles. The molecular formula is C24H25F3N4O3. The number of ether oxygens (including phenoxy) is 1. The van der Waals surface area contributed by atoms with Crippen molar-refractivity contribution in [1.29, 1.82) is 0 Å². The number of fused-ring (bicyclic) bond motifs is 1. The molecule has 10 heteroatoms. The lowest BCUT2D eigenvalue weighted by molar-refractivity contribution is -0.274. The molecule has 0 bridgehead atoms. The van der Waals surface area contributed by atoms with Gasteiger partial charge in [-0.05, 0) is 44.7 Å². The molecule has 1 aliphatic carbocycles. The number of alkyl halides is 3. The standard InChI is InChI=1S/C24H25F3N4O3/c1-3-11-31-21(13(2)28)20(30-22(31)14-7-9-15(10-8-14)23(32)33)17-12-16-5-4-6-18(19(16)29-17)34-24(25,26)27/h3-6,11-12,14-15,29H,2,7-10,28H2,1H3,(H,32,33)/b11-3-/t14-,15-. The van der Waals surface area contributed by atoms with E-state index in [0.29, 0.717) is 54.0 Å². The summed E-state index contributed by atoms with van der Waals surface area (Å²) in [5, 5.41) is 9.84. The van der Waals surface area contributed by atoms with Crippen molar-refractivity contribution in [2.45, 2.75) is 44.9 Å². The minimum absolute atomic E-state index is 0.00662. The van der Waals surface area contributed by atoms with E-state index in [1.165, 1.54) is 12.1 Å². The Kier molecular flexibility index (Phi) is 6.16. The molecule has 0 aliphatic heterocycles. The molecule has 3 aromatic rings. The van der Waals surface area contributed by atoms with E-state index in [1.54, 1.807) is 12.1 Å². The third-order valence-electron chi connectivity index (χ3n) is 6.08. The van der Waals surface area contributed by atoms with Crippen LogP contribution >= 0.6 is 0 Å². The fraction of sp³-hybridized carbons (Fsp3) is 0.333. The van der Waals surface area contributed by atoms with Crippen LogP contribution in [-0.4, -0.2) is 32.0 Å². The first kappa shape index (κ1) is 23.5. The number of nitrogens with two attached hydrogens (primary N) is 1. The number of rotatable bonds is 6. The highest BCUT2D eigenvalue weighted by molar-refractivity contribution is 5.91. The maximum atomic E-state index is 12.9. The summed E-state index contributed by atoms with van der Waals surface area (Å²) in [6.07, 6.45) is 1.19. The first-order valence-corrected chi connectivity index (χ1v) is 10.9. The molecule has 0 unspecified atom stereocenters. The van der Waals surface area contributed by atoms with Crippen LogP contribution in [0.1, 0.15) is 50.0 Å². The number of carbonyl (C=O) groups is 1. The van der Waals surface area contributed by atoms with Crippen molar-refractivity contribution in [1.82, 2.24) is 14.5 Å². The highest BCUT2D eigenvalue weighted by Gasteiger charge is 2.33. The molecule has 0 spiro atoms. The molecule has 2 heterocycles. The summed E-state index contributed by atoms with van der Waals surface area (Å²) >= 11 is 0. The largest absolute Gasteiger partial charge is 0.573 e. The van der Waals surface area contributed by atoms with E-state index in [9.17, 15) is 23.1 Å². The monoisotopic (exact) mass is 474 g/mol. The summed E-state index contributed by atoms with van der Waals surface area (Å²) in [5.41, 5.74) is 8.03. The molecule has 0 radical (unpaired) electrons. The summed E-state index contributed by atoms with van der Waals surface area (Å²) < 4.78 is 44.6. The second-order valence-electron chi connectivity index (χ2n) is 8.38. The molecule has 34 heavy (non-hydrogen) atoms. The van der Waals surface area contributed by atoms with Crippen molar-refractivity contribution in [2.75, 3.05) is 0 Å². The van der Waals surface area contributed by atoms with Crippen molar-refractivity contribution in [3.63, 3.8) is 0 Å². The van der Waals surface area contributed by atoms with E-state index < -0.39 is 12.3 Å². The maximum absolute atomic E-state index is 12.9. The second-order valence-corrected chi connectivity index (χ2v) is 8.38. The van der Waals surface area contributed by atoms with E-state index in [2.05, 4.69) is 16.3 Å². The Morgan fingerprint density at radius 2 is 2.03 bits per heavy atom. The van der Waals surface area contributed by atoms with Gasteiger partial charge in [0.05, 0.1) is 28.5 Å². The summed E-state index contributed by atoms with van der Waals surface area (Å²) in [5.74, 6) is -0.784. The van der Waals surface area contributed by atoms with Crippen molar-refractivity contribution in [3.8, 4) is 17.1 Å². The number of aliphatic carboxylic acids is 1. The van der Waals surface area contributed by atoms with Crippen molar-refractivity contribution in [3.05, 3.63) is 48.4 Å². The predicted molar refractivity (Wildman–Crippen MR) is 123 cm³/mol. The minimum atomic E-state index is -4.83. The lowest BCUT2D eigenvalue weighted by atomic mass is 9.81. The topological polar surface area (TPSA) is 106 Å². The number of imidazole rings is 1. The van der Waals surface area contributed by atoms with Crippen LogP contribution in [0.25, 0.3) is 34.2 Å². The Morgan fingerprint density at radius 1 is 1.32 bits per heavy atom. The van der Waals surface area contributed by atoms with Gasteiger partial charge < -0.3 is 25.1 Å². The van der Waals surface area contributed by atoms with Crippen LogP contribution in [0, 0.1) is 5.92 Å². The van der Waals surface area contributed by atoms with Crippen LogP contribution in [0.15, 0.2) is 36.9 Å². The minimum Gasteiger partial charge on any atom is -0.481 e. The number of H-pyrrole nitrogens is 1. The molecule has 2 aromatic heterocycles. The number of aromatic amines is 1. The average Bonchev–Trinajstić information content (AvgIpc) is 3.35. The van der Waals surface area contributed by atoms with E-state index in [-0.39, 0.29) is 28.8 Å². The van der Waals surface area contributed by atoms with Crippen LogP contribution < -0.4 is 10.5 Å². The van der Waals surface area contributed by atoms with Crippen molar-refractivity contribution in [2.24, 2.45) is 11.7 Å². The first-order chi connectivity index (χ1) is 16.1. The second kappa shape index (κ2) is 8.92. The maximum Gasteiger partial charge on any atom is 0.573 e. The Bertz CT molecular complexity index is 1260. The molecule has 1 aliphatic rings. The number of hydrogen-bond acceptors (Lipinski definition) is 4. The number of para-hydroxylation sites is 1. The lowest BCUT2D eigenvalue weighted by Crippen LogP contribution is -2.22. The molecule has 0 saturated heterocycles. The smallest absolute Gasteiger partial charge is 0.481 e. The zero-order valence-corrected chi connectivity index (χ0v) is 18.5. The molecular weight excluding hydrogens is 449 g/mol. The quantitative estimate of drug-likeness (QED) is 0.424. The number of carboxylic acid groups (broad SMARTS) is 1. The van der Waals surface area contributed by atoms with Gasteiger partial charge in [0, 0.05) is 17.5 Å². The highest BCUT2D eigenvalue weighted by Crippen LogP contribution is 2.40. The highest BCUT2D eigenvalue weighted by atomic mass is 19.4. The third kappa shape index (κ3) is 4.52. The van der Waals surface area contributed by atoms with E-state index >= 15 is 0 Å². The molecule has 180 valence electrons. The Labute approximate surface area is 193 Å². The van der Waals surface area contributed by atoms with Crippen LogP contribution in [0.4, 0.5) is 13.2 Å². The van der Waals surface area contributed by atoms with Crippen LogP contribution in [0.5, 0.6) is 5.75 Å². The van der Waals surface area contributed by atoms with Crippen LogP contribution in [0.2, 0.25) is 0 Å². The van der Waals surface area contributed by atoms with Crippen molar-refractivity contribution >= 4 is 28.8 Å². The van der Waals surface area contributed by atoms with Gasteiger partial charge in [-0.15, -0.1) is 13.2 Å². The van der Waals surface area contributed by atoms with Gasteiger partial charge in [0.25, 0.3) is 0 Å². The average molecular weight is 474 g/mol. The number of nitrogens with zero attached hydrogens (tertiary/aromatic N) is 2. The molecule has 0 atom stereocenters. The Morgan fingerprint density at radius 3 is 2.62 bits per heavy atom. The Balaban J connectivity index is 1.82. The number of aromatic nitrogens is 3. The SMILES string of the molecule is C=C(N)c1c(-c2cc3cccc(OC(F)(F)F)c3[nH]2)nc([C@H]2CC[C@H](C(=O)O)CC2)n1/C=C\C. The van der Waals surface area contributed by atoms with Gasteiger partial charge in [-0.3, -0.25) is 4.79 Å². The van der Waals surface area contributed by atoms with Gasteiger partial charge in [0.1, 0.15) is 11.5 Å². The lowest BCUT2D eigenvalue weighted by Gasteiger charge is -2.25. The van der Waals surface area contributed by atoms with E-state index in [0.717, 1.165) is 0 Å². The van der Waals surface area contributed by atoms with Gasteiger partial charge in [-0.1, -0.05) is 24.8 Å². The molecule has 4 rings (SSSR count). The summed E-state index contributed by atoms with van der Waals surface area (Å²) in [6, 6.07) is 6.09. The van der Waals surface area contributed by atoms with E-state index in [1.807, 2.05) is 23.8 Å². The van der Waals surface area contributed by atoms with Gasteiger partial charge in [0.2, 0.25) is 0 Å². The number of nitrogens with one attached hydrogen (secondary N) is 1. The molecule has 0 amide bonds.